The van der Waals surface area contributed by atoms with Crippen LogP contribution in [0.4, 0.5) is 8.78 Å². The lowest BCUT2D eigenvalue weighted by Crippen LogP contribution is -2.30. The predicted molar refractivity (Wildman–Crippen MR) is 93.2 cm³/mol. The van der Waals surface area contributed by atoms with Gasteiger partial charge in [0.1, 0.15) is 22.2 Å². The van der Waals surface area contributed by atoms with Gasteiger partial charge in [-0.05, 0) is 12.1 Å². The minimum absolute atomic E-state index is 0.00440. The predicted octanol–water partition coefficient (Wildman–Crippen LogP) is 3.81. The van der Waals surface area contributed by atoms with Gasteiger partial charge in [-0.2, -0.15) is 8.78 Å². The molecule has 6 nitrogen and oxygen atoms in total. The molecule has 0 saturated carbocycles. The minimum Gasteiger partial charge on any atom is -0.434 e. The second-order valence-corrected chi connectivity index (χ2v) is 7.00. The average molecular weight is 391 g/mol. The molecule has 2 bridgehead atoms. The molecule has 0 N–H and O–H groups in total. The molecule has 3 aromatic rings. The molecular weight excluding hydrogens is 378 g/mol. The Morgan fingerprint density at radius 1 is 1.33 bits per heavy atom. The molecule has 27 heavy (non-hydrogen) atoms. The lowest BCUT2D eigenvalue weighted by Gasteiger charge is -2.24. The maximum absolute atomic E-state index is 13.0. The van der Waals surface area contributed by atoms with E-state index in [2.05, 4.69) is 9.97 Å². The molecular formula is C18H13ClF2N4O2. The lowest BCUT2D eigenvalue weighted by molar-refractivity contribution is -0.0507. The number of nitrogens with zero attached hydrogens (tertiary/aromatic N) is 4. The van der Waals surface area contributed by atoms with E-state index >= 15 is 0 Å². The van der Waals surface area contributed by atoms with Crippen LogP contribution in [0.15, 0.2) is 30.5 Å². The molecule has 0 unspecified atom stereocenters. The topological polar surface area (TPSA) is 60.3 Å². The van der Waals surface area contributed by atoms with Gasteiger partial charge in [0.15, 0.2) is 0 Å². The Labute approximate surface area is 157 Å². The Bertz CT molecular complexity index is 1100. The third kappa shape index (κ3) is 2.26. The summed E-state index contributed by atoms with van der Waals surface area (Å²) in [5.74, 6) is 0.448. The van der Waals surface area contributed by atoms with Crippen LogP contribution in [0, 0.1) is 0 Å². The monoisotopic (exact) mass is 390 g/mol. The first-order valence-corrected chi connectivity index (χ1v) is 8.71. The first-order valence-electron chi connectivity index (χ1n) is 8.34. The van der Waals surface area contributed by atoms with Gasteiger partial charge in [0.25, 0.3) is 5.91 Å². The number of carbonyl (C=O) groups excluding carboxylic acids is 1. The van der Waals surface area contributed by atoms with Gasteiger partial charge in [0.05, 0.1) is 23.8 Å². The van der Waals surface area contributed by atoms with Crippen LogP contribution in [0.3, 0.4) is 0 Å². The van der Waals surface area contributed by atoms with Gasteiger partial charge in [0, 0.05) is 30.7 Å². The van der Waals surface area contributed by atoms with Gasteiger partial charge in [-0.15, -0.1) is 0 Å². The number of hydrogen-bond acceptors (Lipinski definition) is 4. The summed E-state index contributed by atoms with van der Waals surface area (Å²) in [6.07, 6.45) is 2.09. The van der Waals surface area contributed by atoms with Crippen molar-refractivity contribution >= 4 is 28.5 Å². The highest BCUT2D eigenvalue weighted by Gasteiger charge is 2.45. The molecule has 4 heterocycles. The normalized spacial score (nSPS) is 20.8. The second kappa shape index (κ2) is 5.63. The summed E-state index contributed by atoms with van der Waals surface area (Å²) in [6.45, 7) is -2.98. The quantitative estimate of drug-likeness (QED) is 0.624. The molecule has 2 aliphatic heterocycles. The molecule has 2 aromatic heterocycles. The molecule has 0 saturated heterocycles. The van der Waals surface area contributed by atoms with Gasteiger partial charge >= 0.3 is 6.61 Å². The van der Waals surface area contributed by atoms with Gasteiger partial charge in [-0.25, -0.2) is 9.97 Å². The van der Waals surface area contributed by atoms with Crippen LogP contribution in [-0.2, 0) is 0 Å². The highest BCUT2D eigenvalue weighted by atomic mass is 35.5. The highest BCUT2D eigenvalue weighted by Crippen LogP contribution is 2.49. The number of ether oxygens (including phenoxy) is 1. The fourth-order valence-corrected chi connectivity index (χ4v) is 4.31. The fourth-order valence-electron chi connectivity index (χ4n) is 4.16. The summed E-state index contributed by atoms with van der Waals surface area (Å²) in [5.41, 5.74) is 2.19. The average Bonchev–Trinajstić information content (AvgIpc) is 3.14. The van der Waals surface area contributed by atoms with E-state index in [0.29, 0.717) is 34.0 Å². The fraction of sp³-hybridized carbons (Fsp3) is 0.278. The van der Waals surface area contributed by atoms with Gasteiger partial charge in [-0.3, -0.25) is 4.79 Å². The molecule has 0 spiro atoms. The third-order valence-corrected chi connectivity index (χ3v) is 5.47. The van der Waals surface area contributed by atoms with Crippen molar-refractivity contribution in [1.29, 1.82) is 0 Å². The van der Waals surface area contributed by atoms with E-state index < -0.39 is 6.61 Å². The Morgan fingerprint density at radius 2 is 2.15 bits per heavy atom. The van der Waals surface area contributed by atoms with Crippen LogP contribution >= 0.6 is 11.6 Å². The van der Waals surface area contributed by atoms with Crippen molar-refractivity contribution in [1.82, 2.24) is 19.4 Å². The molecule has 2 aliphatic rings. The number of hydrogen-bond donors (Lipinski definition) is 0. The lowest BCUT2D eigenvalue weighted by atomic mass is 9.97. The van der Waals surface area contributed by atoms with Crippen molar-refractivity contribution in [3.8, 4) is 5.75 Å². The number of rotatable bonds is 2. The number of imidazole rings is 1. The number of pyridine rings is 1. The van der Waals surface area contributed by atoms with Crippen molar-refractivity contribution in [2.75, 3.05) is 7.05 Å². The first kappa shape index (κ1) is 16.4. The number of alkyl halides is 2. The molecule has 9 heteroatoms. The molecule has 0 radical (unpaired) electrons. The van der Waals surface area contributed by atoms with Crippen LogP contribution in [-0.4, -0.2) is 39.0 Å². The Hall–Kier alpha value is -2.74. The number of amides is 1. The number of aromatic nitrogens is 3. The second-order valence-electron chi connectivity index (χ2n) is 6.61. The number of halogens is 3. The molecule has 1 amide bonds. The Morgan fingerprint density at radius 3 is 2.93 bits per heavy atom. The van der Waals surface area contributed by atoms with Crippen LogP contribution in [0.2, 0.25) is 5.15 Å². The van der Waals surface area contributed by atoms with E-state index in [4.69, 9.17) is 16.3 Å². The number of fused-ring (bicyclic) bond motifs is 9. The summed E-state index contributed by atoms with van der Waals surface area (Å²) in [4.78, 5) is 23.2. The zero-order chi connectivity index (χ0) is 18.9. The summed E-state index contributed by atoms with van der Waals surface area (Å²) in [6, 6.07) is 5.70. The largest absolute Gasteiger partial charge is 0.434 e. The van der Waals surface area contributed by atoms with Crippen molar-refractivity contribution in [3.63, 3.8) is 0 Å². The van der Waals surface area contributed by atoms with Gasteiger partial charge in [-0.1, -0.05) is 17.7 Å². The SMILES string of the molecule is CN1C(=O)c2cccc(OC(F)F)c2[C@H]2C[C@@H]1c1nc3cnc(Cl)cc3n12. The highest BCUT2D eigenvalue weighted by molar-refractivity contribution is 6.29. The van der Waals surface area contributed by atoms with Crippen molar-refractivity contribution in [2.24, 2.45) is 0 Å². The smallest absolute Gasteiger partial charge is 0.387 e. The molecule has 0 fully saturated rings. The van der Waals surface area contributed by atoms with Crippen LogP contribution in [0.5, 0.6) is 5.75 Å². The molecule has 138 valence electrons. The zero-order valence-electron chi connectivity index (χ0n) is 14.1. The van der Waals surface area contributed by atoms with E-state index in [1.807, 2.05) is 4.57 Å². The Kier molecular flexibility index (Phi) is 3.42. The number of carbonyl (C=O) groups is 1. The van der Waals surface area contributed by atoms with Gasteiger partial charge in [0.2, 0.25) is 0 Å². The summed E-state index contributed by atoms with van der Waals surface area (Å²) < 4.78 is 32.7. The minimum atomic E-state index is -2.98. The van der Waals surface area contributed by atoms with Gasteiger partial charge < -0.3 is 14.2 Å². The molecule has 1 aromatic carbocycles. The van der Waals surface area contributed by atoms with E-state index in [-0.39, 0.29) is 23.7 Å². The van der Waals surface area contributed by atoms with Crippen LogP contribution in [0.25, 0.3) is 11.0 Å². The maximum Gasteiger partial charge on any atom is 0.387 e. The Balaban J connectivity index is 1.82. The van der Waals surface area contributed by atoms with E-state index in [1.165, 1.54) is 6.07 Å². The van der Waals surface area contributed by atoms with E-state index in [9.17, 15) is 13.6 Å². The third-order valence-electron chi connectivity index (χ3n) is 5.26. The summed E-state index contributed by atoms with van der Waals surface area (Å²) >= 11 is 6.06. The molecule has 0 aliphatic carbocycles. The molecule has 5 rings (SSSR count). The zero-order valence-corrected chi connectivity index (χ0v) is 14.8. The molecule has 2 atom stereocenters. The van der Waals surface area contributed by atoms with Crippen LogP contribution < -0.4 is 4.74 Å². The summed E-state index contributed by atoms with van der Waals surface area (Å²) in [7, 11) is 1.69. The van der Waals surface area contributed by atoms with E-state index in [0.717, 1.165) is 5.52 Å². The summed E-state index contributed by atoms with van der Waals surface area (Å²) in [5, 5.41) is 0.311. The number of benzene rings is 1. The van der Waals surface area contributed by atoms with Crippen molar-refractivity contribution < 1.29 is 18.3 Å². The van der Waals surface area contributed by atoms with Crippen molar-refractivity contribution in [2.45, 2.75) is 25.1 Å². The maximum atomic E-state index is 13.0. The van der Waals surface area contributed by atoms with Crippen LogP contribution in [0.1, 0.15) is 40.3 Å². The van der Waals surface area contributed by atoms with Crippen molar-refractivity contribution in [3.05, 3.63) is 52.6 Å². The standard InChI is InChI=1S/C18H13ClF2N4O2/c1-24-12-5-11(25-10-6-14(19)22-7-9(10)23-16(12)25)15-8(17(24)26)3-2-4-13(15)27-18(20)21/h2-4,6-7,11-12,18H,5H2,1H3/t11-,12-/m1/s1. The first-order chi connectivity index (χ1) is 13.0. The van der Waals surface area contributed by atoms with E-state index in [1.54, 1.807) is 36.3 Å².